The fourth-order valence-electron chi connectivity index (χ4n) is 3.01. The van der Waals surface area contributed by atoms with Gasteiger partial charge < -0.3 is 19.1 Å². The van der Waals surface area contributed by atoms with Crippen molar-refractivity contribution < 1.29 is 19.0 Å². The van der Waals surface area contributed by atoms with E-state index in [1.807, 2.05) is 6.92 Å². The summed E-state index contributed by atoms with van der Waals surface area (Å²) in [6.07, 6.45) is 2.30. The zero-order valence-electron chi connectivity index (χ0n) is 12.2. The molecule has 2 saturated heterocycles. The topological polar surface area (TPSA) is 48.0 Å². The minimum absolute atomic E-state index is 0.165. The smallest absolute Gasteiger partial charge is 0.308 e. The van der Waals surface area contributed by atoms with Gasteiger partial charge in [-0.15, -0.1) is 0 Å². The minimum atomic E-state index is -0.529. The van der Waals surface area contributed by atoms with E-state index in [0.717, 1.165) is 32.5 Å². The molecule has 0 saturated carbocycles. The van der Waals surface area contributed by atoms with Crippen LogP contribution in [0.3, 0.4) is 0 Å². The van der Waals surface area contributed by atoms with E-state index in [0.29, 0.717) is 12.5 Å². The molecule has 2 unspecified atom stereocenters. The minimum Gasteiger partial charge on any atom is -0.469 e. The number of likely N-dealkylation sites (tertiary alicyclic amines) is 1. The number of esters is 1. The quantitative estimate of drug-likeness (QED) is 0.724. The van der Waals surface area contributed by atoms with Gasteiger partial charge in [-0.3, -0.25) is 4.79 Å². The van der Waals surface area contributed by atoms with E-state index in [1.165, 1.54) is 7.11 Å². The Bertz CT molecular complexity index is 315. The van der Waals surface area contributed by atoms with Gasteiger partial charge in [-0.2, -0.15) is 0 Å². The largest absolute Gasteiger partial charge is 0.469 e. The predicted octanol–water partition coefficient (Wildman–Crippen LogP) is 1.41. The summed E-state index contributed by atoms with van der Waals surface area (Å²) in [7, 11) is 1.40. The SMILES string of the molecule is CCN1CCC(C2(C)OCC(CC(=O)OC)O2)CC1. The Morgan fingerprint density at radius 1 is 1.42 bits per heavy atom. The monoisotopic (exact) mass is 271 g/mol. The van der Waals surface area contributed by atoms with E-state index < -0.39 is 5.79 Å². The fraction of sp³-hybridized carbons (Fsp3) is 0.929. The summed E-state index contributed by atoms with van der Waals surface area (Å²) in [5.74, 6) is -0.352. The van der Waals surface area contributed by atoms with Crippen molar-refractivity contribution in [1.29, 1.82) is 0 Å². The number of hydrogen-bond acceptors (Lipinski definition) is 5. The van der Waals surface area contributed by atoms with Gasteiger partial charge in [0.2, 0.25) is 0 Å². The van der Waals surface area contributed by atoms with Crippen molar-refractivity contribution in [3.05, 3.63) is 0 Å². The van der Waals surface area contributed by atoms with E-state index in [9.17, 15) is 4.79 Å². The third-order valence-corrected chi connectivity index (χ3v) is 4.35. The van der Waals surface area contributed by atoms with Crippen molar-refractivity contribution in [3.63, 3.8) is 0 Å². The van der Waals surface area contributed by atoms with E-state index in [1.54, 1.807) is 0 Å². The first-order valence-corrected chi connectivity index (χ1v) is 7.18. The zero-order chi connectivity index (χ0) is 13.9. The number of methoxy groups -OCH3 is 1. The molecule has 0 aromatic carbocycles. The summed E-state index contributed by atoms with van der Waals surface area (Å²) in [6.45, 7) is 8.00. The maximum Gasteiger partial charge on any atom is 0.308 e. The molecule has 2 heterocycles. The average Bonchev–Trinajstić information content (AvgIpc) is 2.81. The van der Waals surface area contributed by atoms with Crippen LogP contribution < -0.4 is 0 Å². The van der Waals surface area contributed by atoms with Crippen LogP contribution in [-0.4, -0.2) is 56.1 Å². The summed E-state index contributed by atoms with van der Waals surface area (Å²) >= 11 is 0. The summed E-state index contributed by atoms with van der Waals surface area (Å²) in [5, 5.41) is 0. The molecule has 2 aliphatic rings. The van der Waals surface area contributed by atoms with E-state index in [-0.39, 0.29) is 18.5 Å². The fourth-order valence-corrected chi connectivity index (χ4v) is 3.01. The maximum absolute atomic E-state index is 11.3. The second-order valence-electron chi connectivity index (χ2n) is 5.56. The molecule has 110 valence electrons. The lowest BCUT2D eigenvalue weighted by atomic mass is 9.89. The third kappa shape index (κ3) is 3.46. The lowest BCUT2D eigenvalue weighted by Gasteiger charge is -2.39. The Kier molecular flexibility index (Phi) is 4.81. The molecule has 0 bridgehead atoms. The Morgan fingerprint density at radius 2 is 2.11 bits per heavy atom. The van der Waals surface area contributed by atoms with Gasteiger partial charge in [0.25, 0.3) is 0 Å². The molecule has 2 rings (SSSR count). The number of ether oxygens (including phenoxy) is 3. The van der Waals surface area contributed by atoms with E-state index in [2.05, 4.69) is 16.6 Å². The van der Waals surface area contributed by atoms with Gasteiger partial charge in [-0.25, -0.2) is 0 Å². The molecule has 0 radical (unpaired) electrons. The number of piperidine rings is 1. The Morgan fingerprint density at radius 3 is 2.68 bits per heavy atom. The summed E-state index contributed by atoms with van der Waals surface area (Å²) < 4.78 is 16.5. The molecule has 0 N–H and O–H groups in total. The maximum atomic E-state index is 11.3. The molecule has 0 spiro atoms. The van der Waals surface area contributed by atoms with E-state index >= 15 is 0 Å². The molecule has 19 heavy (non-hydrogen) atoms. The molecule has 5 heteroatoms. The number of nitrogens with zero attached hydrogens (tertiary/aromatic N) is 1. The lowest BCUT2D eigenvalue weighted by molar-refractivity contribution is -0.201. The van der Waals surface area contributed by atoms with Crippen LogP contribution in [0.2, 0.25) is 0 Å². The summed E-state index contributed by atoms with van der Waals surface area (Å²) in [4.78, 5) is 13.7. The highest BCUT2D eigenvalue weighted by atomic mass is 16.7. The van der Waals surface area contributed by atoms with E-state index in [4.69, 9.17) is 9.47 Å². The van der Waals surface area contributed by atoms with Gasteiger partial charge in [-0.05, 0) is 39.4 Å². The van der Waals surface area contributed by atoms with Gasteiger partial charge in [0, 0.05) is 5.92 Å². The standard InChI is InChI=1S/C14H25NO4/c1-4-15-7-5-11(6-8-15)14(2)18-10-12(19-14)9-13(16)17-3/h11-12H,4-10H2,1-3H3. The van der Waals surface area contributed by atoms with Gasteiger partial charge >= 0.3 is 5.97 Å². The number of carbonyl (C=O) groups is 1. The first-order valence-electron chi connectivity index (χ1n) is 7.18. The van der Waals surface area contributed by atoms with Crippen LogP contribution >= 0.6 is 0 Å². The van der Waals surface area contributed by atoms with Crippen LogP contribution in [0.15, 0.2) is 0 Å². The average molecular weight is 271 g/mol. The van der Waals surface area contributed by atoms with Crippen LogP contribution in [0.4, 0.5) is 0 Å². The number of rotatable bonds is 4. The first-order chi connectivity index (χ1) is 9.07. The van der Waals surface area contributed by atoms with Crippen LogP contribution in [0.1, 0.15) is 33.1 Å². The Balaban J connectivity index is 1.85. The van der Waals surface area contributed by atoms with Crippen molar-refractivity contribution in [2.24, 2.45) is 5.92 Å². The molecular weight excluding hydrogens is 246 g/mol. The van der Waals surface area contributed by atoms with Crippen molar-refractivity contribution in [2.75, 3.05) is 33.4 Å². The third-order valence-electron chi connectivity index (χ3n) is 4.35. The van der Waals surface area contributed by atoms with Gasteiger partial charge in [-0.1, -0.05) is 6.92 Å². The van der Waals surface area contributed by atoms with Gasteiger partial charge in [0.1, 0.15) is 0 Å². The van der Waals surface area contributed by atoms with Crippen LogP contribution in [0.5, 0.6) is 0 Å². The molecule has 0 amide bonds. The number of hydrogen-bond donors (Lipinski definition) is 0. The lowest BCUT2D eigenvalue weighted by Crippen LogP contribution is -2.44. The van der Waals surface area contributed by atoms with Crippen LogP contribution in [0, 0.1) is 5.92 Å². The number of carbonyl (C=O) groups excluding carboxylic acids is 1. The molecule has 0 aromatic rings. The zero-order valence-corrected chi connectivity index (χ0v) is 12.2. The molecule has 0 aromatic heterocycles. The highest BCUT2D eigenvalue weighted by Crippen LogP contribution is 2.37. The second kappa shape index (κ2) is 6.20. The highest BCUT2D eigenvalue weighted by molar-refractivity contribution is 5.69. The summed E-state index contributed by atoms with van der Waals surface area (Å²) in [5.41, 5.74) is 0. The van der Waals surface area contributed by atoms with Crippen LogP contribution in [0.25, 0.3) is 0 Å². The summed E-state index contributed by atoms with van der Waals surface area (Å²) in [6, 6.07) is 0. The van der Waals surface area contributed by atoms with Crippen molar-refractivity contribution in [2.45, 2.75) is 45.0 Å². The molecular formula is C14H25NO4. The first kappa shape index (κ1) is 14.8. The Hall–Kier alpha value is -0.650. The van der Waals surface area contributed by atoms with Crippen molar-refractivity contribution in [3.8, 4) is 0 Å². The second-order valence-corrected chi connectivity index (χ2v) is 5.56. The van der Waals surface area contributed by atoms with Crippen molar-refractivity contribution >= 4 is 5.97 Å². The molecule has 2 aliphatic heterocycles. The van der Waals surface area contributed by atoms with Crippen molar-refractivity contribution in [1.82, 2.24) is 4.90 Å². The highest BCUT2D eigenvalue weighted by Gasteiger charge is 2.45. The van der Waals surface area contributed by atoms with Gasteiger partial charge in [0.05, 0.1) is 26.2 Å². The predicted molar refractivity (Wildman–Crippen MR) is 70.7 cm³/mol. The van der Waals surface area contributed by atoms with Crippen LogP contribution in [-0.2, 0) is 19.0 Å². The Labute approximate surface area is 115 Å². The molecule has 2 fully saturated rings. The molecule has 2 atom stereocenters. The molecule has 0 aliphatic carbocycles. The van der Waals surface area contributed by atoms with Gasteiger partial charge in [0.15, 0.2) is 5.79 Å². The normalized spacial score (nSPS) is 33.5. The molecule has 5 nitrogen and oxygen atoms in total.